The zero-order valence-corrected chi connectivity index (χ0v) is 15.1. The lowest BCUT2D eigenvalue weighted by molar-refractivity contribution is -0.118. The van der Waals surface area contributed by atoms with Crippen molar-refractivity contribution >= 4 is 29.4 Å². The van der Waals surface area contributed by atoms with Crippen molar-refractivity contribution in [3.8, 4) is 0 Å². The molecule has 0 aliphatic carbocycles. The van der Waals surface area contributed by atoms with Crippen LogP contribution < -0.4 is 15.1 Å². The summed E-state index contributed by atoms with van der Waals surface area (Å²) < 4.78 is 0. The highest BCUT2D eigenvalue weighted by Crippen LogP contribution is 2.19. The van der Waals surface area contributed by atoms with Crippen LogP contribution in [-0.4, -0.2) is 62.5 Å². The minimum Gasteiger partial charge on any atom is -0.378 e. The van der Waals surface area contributed by atoms with E-state index in [9.17, 15) is 9.59 Å². The van der Waals surface area contributed by atoms with Crippen LogP contribution >= 0.6 is 0 Å². The van der Waals surface area contributed by atoms with Crippen LogP contribution in [0.4, 0.5) is 17.1 Å². The molecule has 0 atom stereocenters. The van der Waals surface area contributed by atoms with Crippen molar-refractivity contribution < 1.29 is 9.59 Å². The van der Waals surface area contributed by atoms with E-state index in [1.165, 1.54) is 0 Å². The second-order valence-electron chi connectivity index (χ2n) is 6.42. The fourth-order valence-electron chi connectivity index (χ4n) is 2.86. The van der Waals surface area contributed by atoms with E-state index >= 15 is 0 Å². The monoisotopic (exact) mass is 353 g/mol. The number of anilines is 3. The number of benzene rings is 1. The largest absolute Gasteiger partial charge is 0.378 e. The number of hydrogen-bond acceptors (Lipinski definition) is 5. The van der Waals surface area contributed by atoms with E-state index in [0.717, 1.165) is 36.6 Å². The number of aromatic nitrogens is 1. The SMILES string of the molecule is CN(C)c1ccc(NC(=O)c2cc(N3CCN(C=O)CC3)ccn2)cc1. The van der Waals surface area contributed by atoms with Crippen LogP contribution in [0.25, 0.3) is 0 Å². The zero-order valence-electron chi connectivity index (χ0n) is 15.1. The first-order valence-electron chi connectivity index (χ1n) is 8.56. The van der Waals surface area contributed by atoms with Gasteiger partial charge in [-0.2, -0.15) is 0 Å². The minimum absolute atomic E-state index is 0.240. The number of hydrogen-bond donors (Lipinski definition) is 1. The molecule has 7 nitrogen and oxygen atoms in total. The predicted octanol–water partition coefficient (Wildman–Crippen LogP) is 1.68. The van der Waals surface area contributed by atoms with Gasteiger partial charge in [0.25, 0.3) is 5.91 Å². The normalized spacial score (nSPS) is 14.1. The standard InChI is InChI=1S/C19H23N5O2/c1-22(2)16-5-3-15(4-6-16)21-19(26)18-13-17(7-8-20-18)24-11-9-23(14-25)10-12-24/h3-8,13-14H,9-12H2,1-2H3,(H,21,26). The number of nitrogens with one attached hydrogen (secondary N) is 1. The number of amides is 2. The molecule has 1 aromatic carbocycles. The van der Waals surface area contributed by atoms with Gasteiger partial charge in [0.15, 0.2) is 0 Å². The summed E-state index contributed by atoms with van der Waals surface area (Å²) in [7, 11) is 3.94. The Labute approximate surface area is 153 Å². The Morgan fingerprint density at radius 1 is 1.12 bits per heavy atom. The van der Waals surface area contributed by atoms with E-state index in [1.807, 2.05) is 49.3 Å². The summed E-state index contributed by atoms with van der Waals surface area (Å²) in [5.74, 6) is -0.240. The quantitative estimate of drug-likeness (QED) is 0.829. The van der Waals surface area contributed by atoms with E-state index < -0.39 is 0 Å². The molecule has 1 aliphatic rings. The molecule has 0 saturated carbocycles. The van der Waals surface area contributed by atoms with Crippen molar-refractivity contribution in [1.29, 1.82) is 0 Å². The molecule has 2 amide bonds. The Balaban J connectivity index is 1.67. The fourth-order valence-corrected chi connectivity index (χ4v) is 2.86. The van der Waals surface area contributed by atoms with Crippen molar-refractivity contribution in [3.05, 3.63) is 48.3 Å². The molecule has 7 heteroatoms. The molecule has 1 saturated heterocycles. The van der Waals surface area contributed by atoms with Gasteiger partial charge in [-0.25, -0.2) is 0 Å². The van der Waals surface area contributed by atoms with Crippen molar-refractivity contribution in [1.82, 2.24) is 9.88 Å². The second kappa shape index (κ2) is 7.86. The highest BCUT2D eigenvalue weighted by Gasteiger charge is 2.17. The molecule has 1 aromatic heterocycles. The third kappa shape index (κ3) is 4.11. The maximum Gasteiger partial charge on any atom is 0.274 e. The van der Waals surface area contributed by atoms with Gasteiger partial charge in [0.05, 0.1) is 0 Å². The van der Waals surface area contributed by atoms with Crippen LogP contribution in [0.2, 0.25) is 0 Å². The van der Waals surface area contributed by atoms with Crippen molar-refractivity contribution in [3.63, 3.8) is 0 Å². The molecule has 2 heterocycles. The number of carbonyl (C=O) groups is 2. The third-order valence-corrected chi connectivity index (χ3v) is 4.45. The van der Waals surface area contributed by atoms with Gasteiger partial charge in [-0.3, -0.25) is 14.6 Å². The van der Waals surface area contributed by atoms with Gasteiger partial charge in [-0.1, -0.05) is 0 Å². The van der Waals surface area contributed by atoms with Crippen LogP contribution in [0.15, 0.2) is 42.6 Å². The smallest absolute Gasteiger partial charge is 0.274 e. The zero-order chi connectivity index (χ0) is 18.5. The lowest BCUT2D eigenvalue weighted by Crippen LogP contribution is -2.45. The van der Waals surface area contributed by atoms with Crippen molar-refractivity contribution in [2.45, 2.75) is 0 Å². The summed E-state index contributed by atoms with van der Waals surface area (Å²) in [5.41, 5.74) is 3.11. The summed E-state index contributed by atoms with van der Waals surface area (Å²) in [4.78, 5) is 33.4. The fraction of sp³-hybridized carbons (Fsp3) is 0.316. The highest BCUT2D eigenvalue weighted by atomic mass is 16.2. The van der Waals surface area contributed by atoms with Crippen LogP contribution in [0.5, 0.6) is 0 Å². The average Bonchev–Trinajstić information content (AvgIpc) is 2.68. The van der Waals surface area contributed by atoms with Crippen LogP contribution in [0.1, 0.15) is 10.5 Å². The molecule has 3 rings (SSSR count). The van der Waals surface area contributed by atoms with Crippen molar-refractivity contribution in [2.75, 3.05) is 55.4 Å². The van der Waals surface area contributed by atoms with Crippen LogP contribution in [0.3, 0.4) is 0 Å². The summed E-state index contributed by atoms with van der Waals surface area (Å²) >= 11 is 0. The maximum absolute atomic E-state index is 12.5. The van der Waals surface area contributed by atoms with Crippen LogP contribution in [0, 0.1) is 0 Å². The maximum atomic E-state index is 12.5. The molecule has 1 fully saturated rings. The molecule has 26 heavy (non-hydrogen) atoms. The molecule has 2 aromatic rings. The molecular formula is C19H23N5O2. The summed E-state index contributed by atoms with van der Waals surface area (Å²) in [6.07, 6.45) is 2.52. The molecule has 1 aliphatic heterocycles. The Kier molecular flexibility index (Phi) is 5.36. The van der Waals surface area contributed by atoms with Gasteiger partial charge in [0, 0.05) is 63.5 Å². The molecule has 0 bridgehead atoms. The lowest BCUT2D eigenvalue weighted by atomic mass is 10.2. The van der Waals surface area contributed by atoms with Gasteiger partial charge in [0.1, 0.15) is 5.69 Å². The first-order chi connectivity index (χ1) is 12.6. The molecular weight excluding hydrogens is 330 g/mol. The highest BCUT2D eigenvalue weighted by molar-refractivity contribution is 6.03. The number of pyridine rings is 1. The third-order valence-electron chi connectivity index (χ3n) is 4.45. The van der Waals surface area contributed by atoms with E-state index in [1.54, 1.807) is 17.2 Å². The van der Waals surface area contributed by atoms with Crippen molar-refractivity contribution in [2.24, 2.45) is 0 Å². The predicted molar refractivity (Wildman–Crippen MR) is 103 cm³/mol. The minimum atomic E-state index is -0.240. The van der Waals surface area contributed by atoms with Gasteiger partial charge in [-0.05, 0) is 36.4 Å². The van der Waals surface area contributed by atoms with E-state index in [0.29, 0.717) is 18.8 Å². The number of nitrogens with zero attached hydrogens (tertiary/aromatic N) is 4. The first kappa shape index (κ1) is 17.7. The Morgan fingerprint density at radius 2 is 1.81 bits per heavy atom. The number of rotatable bonds is 5. The van der Waals surface area contributed by atoms with Gasteiger partial charge >= 0.3 is 0 Å². The Hall–Kier alpha value is -3.09. The summed E-state index contributed by atoms with van der Waals surface area (Å²) in [6, 6.07) is 11.3. The van der Waals surface area contributed by atoms with E-state index in [-0.39, 0.29) is 5.91 Å². The summed E-state index contributed by atoms with van der Waals surface area (Å²) in [6.45, 7) is 2.86. The van der Waals surface area contributed by atoms with Gasteiger partial charge < -0.3 is 20.0 Å². The molecule has 136 valence electrons. The Morgan fingerprint density at radius 3 is 2.42 bits per heavy atom. The second-order valence-corrected chi connectivity index (χ2v) is 6.42. The van der Waals surface area contributed by atoms with E-state index in [2.05, 4.69) is 15.2 Å². The van der Waals surface area contributed by atoms with E-state index in [4.69, 9.17) is 0 Å². The number of piperazine rings is 1. The molecule has 0 unspecified atom stereocenters. The average molecular weight is 353 g/mol. The van der Waals surface area contributed by atoms with Gasteiger partial charge in [-0.15, -0.1) is 0 Å². The Bertz CT molecular complexity index is 768. The first-order valence-corrected chi connectivity index (χ1v) is 8.56. The molecule has 0 radical (unpaired) electrons. The molecule has 1 N–H and O–H groups in total. The molecule has 0 spiro atoms. The lowest BCUT2D eigenvalue weighted by Gasteiger charge is -2.34. The topological polar surface area (TPSA) is 68.8 Å². The number of carbonyl (C=O) groups excluding carboxylic acids is 2. The summed E-state index contributed by atoms with van der Waals surface area (Å²) in [5, 5.41) is 2.88. The van der Waals surface area contributed by atoms with Gasteiger partial charge in [0.2, 0.25) is 6.41 Å². The van der Waals surface area contributed by atoms with Crippen LogP contribution in [-0.2, 0) is 4.79 Å².